The van der Waals surface area contributed by atoms with Crippen LogP contribution in [0.2, 0.25) is 0 Å². The highest BCUT2D eigenvalue weighted by Gasteiger charge is 1.96. The fourth-order valence-corrected chi connectivity index (χ4v) is 0.833. The van der Waals surface area contributed by atoms with Gasteiger partial charge in [0.15, 0.2) is 12.1 Å². The molecule has 4 heteroatoms. The van der Waals surface area contributed by atoms with Crippen molar-refractivity contribution in [1.82, 2.24) is 0 Å². The van der Waals surface area contributed by atoms with Crippen LogP contribution in [-0.4, -0.2) is 12.1 Å². The lowest BCUT2D eigenvalue weighted by Crippen LogP contribution is -3.00. The van der Waals surface area contributed by atoms with Gasteiger partial charge in [0.25, 0.3) is 0 Å². The Bertz CT molecular complexity index is 330. The Balaban J connectivity index is 0.00000169. The van der Waals surface area contributed by atoms with Gasteiger partial charge in [-0.25, -0.2) is 0 Å². The molecule has 3 nitrogen and oxygen atoms in total. The fourth-order valence-electron chi connectivity index (χ4n) is 0.833. The lowest BCUT2D eigenvalue weighted by atomic mass is 10.2. The number of hydrogen-bond donors (Lipinski definition) is 2. The Hall–Kier alpha value is -1.17. The quantitative estimate of drug-likeness (QED) is 0.261. The van der Waals surface area contributed by atoms with Crippen molar-refractivity contribution >= 4 is 12.1 Å². The number of nitrogens with two attached hydrogens (primary N) is 1. The largest absolute Gasteiger partial charge is 1.00 e. The third-order valence-corrected chi connectivity index (χ3v) is 1.45. The summed E-state index contributed by atoms with van der Waals surface area (Å²) in [5.74, 6) is 0.457. The van der Waals surface area contributed by atoms with Gasteiger partial charge in [-0.3, -0.25) is 0 Å². The second-order valence-corrected chi connectivity index (χ2v) is 2.39. The van der Waals surface area contributed by atoms with Gasteiger partial charge in [-0.05, 0) is 6.08 Å². The van der Waals surface area contributed by atoms with Crippen molar-refractivity contribution in [2.45, 2.75) is 0 Å². The van der Waals surface area contributed by atoms with E-state index in [0.29, 0.717) is 5.84 Å². The molecule has 0 aliphatic carbocycles. The van der Waals surface area contributed by atoms with Crippen LogP contribution < -0.4 is 34.8 Å². The smallest absolute Gasteiger partial charge is 0.198 e. The monoisotopic (exact) mass is 301 g/mol. The number of halogens is 1. The zero-order valence-corrected chi connectivity index (χ0v) is 9.81. The van der Waals surface area contributed by atoms with Gasteiger partial charge in [-0.1, -0.05) is 36.9 Å². The minimum Gasteiger partial charge on any atom is -1.00 e. The van der Waals surface area contributed by atoms with Gasteiger partial charge in [-0.15, -0.1) is 5.10 Å². The molecule has 1 aromatic rings. The van der Waals surface area contributed by atoms with Gasteiger partial charge >= 0.3 is 0 Å². The molecule has 0 unspecified atom stereocenters. The van der Waals surface area contributed by atoms with Crippen LogP contribution in [0.4, 0.5) is 0 Å². The highest BCUT2D eigenvalue weighted by atomic mass is 127. The second kappa shape index (κ2) is 7.25. The Kier molecular flexibility index (Phi) is 6.65. The zero-order chi connectivity index (χ0) is 9.52. The maximum atomic E-state index is 5.67. The normalized spacial score (nSPS) is 11.0. The van der Waals surface area contributed by atoms with Crippen molar-refractivity contribution < 1.29 is 29.1 Å². The van der Waals surface area contributed by atoms with Gasteiger partial charge in [0, 0.05) is 10.7 Å². The summed E-state index contributed by atoms with van der Waals surface area (Å²) in [4.78, 5) is 0. The average molecular weight is 301 g/mol. The summed E-state index contributed by atoms with van der Waals surface area (Å²) < 4.78 is 0. The van der Waals surface area contributed by atoms with Crippen molar-refractivity contribution in [2.75, 3.05) is 0 Å². The van der Waals surface area contributed by atoms with E-state index in [0.717, 1.165) is 5.56 Å². The summed E-state index contributed by atoms with van der Waals surface area (Å²) in [5, 5.41) is 6.55. The molecule has 14 heavy (non-hydrogen) atoms. The van der Waals surface area contributed by atoms with E-state index in [1.54, 1.807) is 12.3 Å². The van der Waals surface area contributed by atoms with Crippen LogP contribution in [0, 0.1) is 0 Å². The maximum absolute atomic E-state index is 5.67. The molecule has 1 rings (SSSR count). The Morgan fingerprint density at radius 1 is 1.36 bits per heavy atom. The first kappa shape index (κ1) is 12.8. The summed E-state index contributed by atoms with van der Waals surface area (Å²) in [6.07, 6.45) is 3.21. The van der Waals surface area contributed by atoms with E-state index in [4.69, 9.17) is 5.73 Å². The number of rotatable bonds is 3. The van der Waals surface area contributed by atoms with Gasteiger partial charge in [0.05, 0.1) is 0 Å². The molecule has 0 bridgehead atoms. The van der Waals surface area contributed by atoms with E-state index in [1.807, 2.05) is 30.3 Å². The van der Waals surface area contributed by atoms with Gasteiger partial charge in [-0.2, -0.15) is 0 Å². The average Bonchev–Trinajstić information content (AvgIpc) is 2.19. The number of nitrogens with one attached hydrogen (secondary N) is 1. The summed E-state index contributed by atoms with van der Waals surface area (Å²) in [7, 11) is 0. The highest BCUT2D eigenvalue weighted by Crippen LogP contribution is 1.95. The first-order chi connectivity index (χ1) is 6.34. The molecule has 0 fully saturated rings. The molecule has 0 aliphatic heterocycles. The van der Waals surface area contributed by atoms with E-state index in [-0.39, 0.29) is 24.0 Å². The Labute approximate surface area is 100 Å². The van der Waals surface area contributed by atoms with E-state index in [2.05, 4.69) is 16.8 Å². The van der Waals surface area contributed by atoms with Crippen molar-refractivity contribution in [3.63, 3.8) is 0 Å². The van der Waals surface area contributed by atoms with Crippen LogP contribution in [0.3, 0.4) is 0 Å². The van der Waals surface area contributed by atoms with Crippen LogP contribution in [0.15, 0.2) is 48.1 Å². The summed E-state index contributed by atoms with van der Waals surface area (Å²) >= 11 is 0. The van der Waals surface area contributed by atoms with Crippen LogP contribution >= 0.6 is 0 Å². The van der Waals surface area contributed by atoms with Crippen molar-refractivity contribution in [2.24, 2.45) is 10.8 Å². The lowest BCUT2D eigenvalue weighted by Gasteiger charge is -1.93. The van der Waals surface area contributed by atoms with Crippen LogP contribution in [0.5, 0.6) is 0 Å². The molecule has 0 radical (unpaired) electrons. The number of hydrazone groups is 1. The molecule has 0 saturated heterocycles. The number of benzene rings is 1. The maximum Gasteiger partial charge on any atom is 0.198 e. The molecule has 0 atom stereocenters. The number of hydrogen-bond acceptors (Lipinski definition) is 1. The number of allylic oxidation sites excluding steroid dienone is 1. The number of amidine groups is 1. The predicted octanol–water partition coefficient (Wildman–Crippen LogP) is -3.35. The van der Waals surface area contributed by atoms with E-state index in [1.165, 1.54) is 0 Å². The molecule has 3 N–H and O–H groups in total. The van der Waals surface area contributed by atoms with E-state index >= 15 is 0 Å². The van der Waals surface area contributed by atoms with Crippen molar-refractivity contribution in [1.29, 1.82) is 0 Å². The summed E-state index contributed by atoms with van der Waals surface area (Å²) in [6.45, 7) is 3.50. The Morgan fingerprint density at radius 2 is 2.00 bits per heavy atom. The molecule has 0 amide bonds. The molecule has 0 saturated carbocycles. The van der Waals surface area contributed by atoms with Gasteiger partial charge < -0.3 is 29.7 Å². The van der Waals surface area contributed by atoms with Crippen molar-refractivity contribution in [3.05, 3.63) is 48.6 Å². The molecule has 0 heterocycles. The summed E-state index contributed by atoms with van der Waals surface area (Å²) in [5.41, 5.74) is 6.56. The minimum absolute atomic E-state index is 0. The van der Waals surface area contributed by atoms with Crippen LogP contribution in [0.1, 0.15) is 5.56 Å². The molecule has 0 spiro atoms. The molecular formula is C10H12IN3. The van der Waals surface area contributed by atoms with Gasteiger partial charge in [0.1, 0.15) is 0 Å². The molecule has 0 aromatic heterocycles. The van der Waals surface area contributed by atoms with Gasteiger partial charge in [0.2, 0.25) is 0 Å². The zero-order valence-electron chi connectivity index (χ0n) is 7.65. The van der Waals surface area contributed by atoms with Crippen molar-refractivity contribution in [3.8, 4) is 0 Å². The second-order valence-electron chi connectivity index (χ2n) is 2.39. The molecule has 1 aromatic carbocycles. The molecular weight excluding hydrogens is 289 g/mol. The predicted molar refractivity (Wildman–Crippen MR) is 54.4 cm³/mol. The Morgan fingerprint density at radius 3 is 2.57 bits per heavy atom. The van der Waals surface area contributed by atoms with Crippen LogP contribution in [-0.2, 0) is 0 Å². The van der Waals surface area contributed by atoms with E-state index < -0.39 is 0 Å². The SMILES string of the molecule is C=CC=[NH+]/N=C(\N)c1ccccc1.[I-]. The topological polar surface area (TPSA) is 52.3 Å². The third kappa shape index (κ3) is 4.18. The third-order valence-electron chi connectivity index (χ3n) is 1.45. The fraction of sp³-hybridized carbons (Fsp3) is 0. The first-order valence-corrected chi connectivity index (χ1v) is 3.93. The lowest BCUT2D eigenvalue weighted by molar-refractivity contribution is -0.456. The molecule has 74 valence electrons. The summed E-state index contributed by atoms with van der Waals surface area (Å²) in [6, 6.07) is 9.55. The number of nitrogens with zero attached hydrogens (tertiary/aromatic N) is 1. The van der Waals surface area contributed by atoms with Crippen LogP contribution in [0.25, 0.3) is 0 Å². The highest BCUT2D eigenvalue weighted by molar-refractivity contribution is 5.96. The standard InChI is InChI=1S/C10H11N3.HI/c1-2-8-12-13-10(11)9-6-4-3-5-7-9;/h2-8H,1H2,(H2,11,13);1H. The van der Waals surface area contributed by atoms with E-state index in [9.17, 15) is 0 Å². The minimum atomic E-state index is 0. The first-order valence-electron chi connectivity index (χ1n) is 3.93. The molecule has 0 aliphatic rings.